The van der Waals surface area contributed by atoms with Crippen LogP contribution in [0.3, 0.4) is 0 Å². The summed E-state index contributed by atoms with van der Waals surface area (Å²) >= 11 is 11.7. The monoisotopic (exact) mass is 527 g/mol. The van der Waals surface area contributed by atoms with Crippen molar-refractivity contribution in [1.82, 2.24) is 19.5 Å². The highest BCUT2D eigenvalue weighted by atomic mass is 35.5. The predicted molar refractivity (Wildman–Crippen MR) is 120 cm³/mol. The van der Waals surface area contributed by atoms with Gasteiger partial charge in [0.1, 0.15) is 23.8 Å². The minimum atomic E-state index is -2.70. The summed E-state index contributed by atoms with van der Waals surface area (Å²) in [4.78, 5) is 35.9. The summed E-state index contributed by atoms with van der Waals surface area (Å²) in [6, 6.07) is 5.90. The maximum atomic E-state index is 12.0. The van der Waals surface area contributed by atoms with Crippen molar-refractivity contribution in [2.75, 3.05) is 12.3 Å². The van der Waals surface area contributed by atoms with Crippen molar-refractivity contribution in [2.45, 2.75) is 36.6 Å². The maximum absolute atomic E-state index is 12.0. The topological polar surface area (TPSA) is 203 Å². The molecular weight excluding hydrogens is 509 g/mol. The summed E-state index contributed by atoms with van der Waals surface area (Å²) in [6.07, 6.45) is -4.93. The molecule has 0 amide bonds. The Bertz CT molecular complexity index is 1260. The Balaban J connectivity index is 1.57. The molecule has 35 heavy (non-hydrogen) atoms. The summed E-state index contributed by atoms with van der Waals surface area (Å²) in [5.74, 6) is -3.53. The smallest absolute Gasteiger partial charge is 0.348 e. The molecule has 0 bridgehead atoms. The first-order valence-corrected chi connectivity index (χ1v) is 10.8. The highest BCUT2D eigenvalue weighted by Gasteiger charge is 2.51. The fourth-order valence-electron chi connectivity index (χ4n) is 3.72. The molecule has 2 aromatic heterocycles. The van der Waals surface area contributed by atoms with Crippen molar-refractivity contribution in [3.8, 4) is 0 Å². The molecular formula is C20H19Cl2N5O8. The van der Waals surface area contributed by atoms with Gasteiger partial charge in [-0.3, -0.25) is 4.57 Å². The van der Waals surface area contributed by atoms with E-state index in [2.05, 4.69) is 15.0 Å². The highest BCUT2D eigenvalue weighted by Crippen LogP contribution is 2.33. The van der Waals surface area contributed by atoms with Gasteiger partial charge in [-0.1, -0.05) is 23.7 Å². The number of hydrogen-bond acceptors (Lipinski definition) is 10. The molecule has 1 fully saturated rings. The van der Waals surface area contributed by atoms with Gasteiger partial charge in [0.2, 0.25) is 5.28 Å². The molecule has 4 unspecified atom stereocenters. The lowest BCUT2D eigenvalue weighted by Crippen LogP contribution is -2.52. The van der Waals surface area contributed by atoms with E-state index >= 15 is 0 Å². The summed E-state index contributed by atoms with van der Waals surface area (Å²) in [5.41, 5.74) is 3.72. The van der Waals surface area contributed by atoms with Gasteiger partial charge in [0.25, 0.3) is 5.60 Å². The molecule has 3 heterocycles. The second-order valence-corrected chi connectivity index (χ2v) is 8.57. The largest absolute Gasteiger partial charge is 0.479 e. The molecule has 3 aromatic rings. The SMILES string of the molecule is Nc1nc(Cl)nc2c1ncn2C1OC(COC(Cc2ccc(Cl)cc2)(C(=O)O)C(=O)O)C(O)C1O. The van der Waals surface area contributed by atoms with Crippen LogP contribution in [0.1, 0.15) is 11.8 Å². The minimum absolute atomic E-state index is 0.0124. The van der Waals surface area contributed by atoms with E-state index in [1.165, 1.54) is 35.2 Å². The number of aliphatic hydroxyl groups excluding tert-OH is 2. The number of benzene rings is 1. The lowest BCUT2D eigenvalue weighted by atomic mass is 9.94. The number of anilines is 1. The summed E-state index contributed by atoms with van der Waals surface area (Å²) in [5, 5.41) is 40.8. The van der Waals surface area contributed by atoms with Gasteiger partial charge in [0.05, 0.1) is 12.9 Å². The average Bonchev–Trinajstić information content (AvgIpc) is 3.33. The normalized spacial score (nSPS) is 22.5. The molecule has 1 aliphatic rings. The first kappa shape index (κ1) is 25.0. The Kier molecular flexibility index (Phi) is 6.81. The van der Waals surface area contributed by atoms with Crippen molar-refractivity contribution in [3.05, 3.63) is 46.5 Å². The van der Waals surface area contributed by atoms with Gasteiger partial charge >= 0.3 is 11.9 Å². The van der Waals surface area contributed by atoms with Crippen molar-refractivity contribution in [1.29, 1.82) is 0 Å². The second kappa shape index (κ2) is 9.53. The van der Waals surface area contributed by atoms with E-state index in [0.717, 1.165) is 0 Å². The molecule has 4 atom stereocenters. The molecule has 1 aliphatic heterocycles. The number of aromatic nitrogens is 4. The molecule has 6 N–H and O–H groups in total. The quantitative estimate of drug-likeness (QED) is 0.200. The third-order valence-corrected chi connectivity index (χ3v) is 6.00. The second-order valence-electron chi connectivity index (χ2n) is 7.80. The number of nitrogens with two attached hydrogens (primary N) is 1. The number of nitrogens with zero attached hydrogens (tertiary/aromatic N) is 4. The summed E-state index contributed by atoms with van der Waals surface area (Å²) < 4.78 is 12.3. The van der Waals surface area contributed by atoms with Gasteiger partial charge in [-0.2, -0.15) is 9.97 Å². The number of carboxylic acids is 2. The van der Waals surface area contributed by atoms with Crippen molar-refractivity contribution in [2.24, 2.45) is 0 Å². The molecule has 1 aromatic carbocycles. The number of aliphatic hydroxyl groups is 2. The number of carbonyl (C=O) groups is 2. The van der Waals surface area contributed by atoms with Gasteiger partial charge in [0, 0.05) is 11.4 Å². The Labute approximate surface area is 206 Å². The Morgan fingerprint density at radius 1 is 1.11 bits per heavy atom. The van der Waals surface area contributed by atoms with Gasteiger partial charge in [-0.15, -0.1) is 0 Å². The molecule has 0 saturated carbocycles. The summed E-state index contributed by atoms with van der Waals surface area (Å²) in [6.45, 7) is -0.675. The number of aliphatic carboxylic acids is 2. The zero-order valence-electron chi connectivity index (χ0n) is 17.7. The molecule has 0 spiro atoms. The lowest BCUT2D eigenvalue weighted by molar-refractivity contribution is -0.190. The van der Waals surface area contributed by atoms with Gasteiger partial charge in [-0.05, 0) is 29.3 Å². The number of hydrogen-bond donors (Lipinski definition) is 5. The number of imidazole rings is 1. The molecule has 1 saturated heterocycles. The summed E-state index contributed by atoms with van der Waals surface area (Å²) in [7, 11) is 0. The van der Waals surface area contributed by atoms with Crippen LogP contribution in [0.4, 0.5) is 5.82 Å². The van der Waals surface area contributed by atoms with Gasteiger partial charge in [-0.25, -0.2) is 14.6 Å². The van der Waals surface area contributed by atoms with E-state index in [1.54, 1.807) is 0 Å². The predicted octanol–water partition coefficient (Wildman–Crippen LogP) is 0.502. The van der Waals surface area contributed by atoms with Crippen LogP contribution in [0.5, 0.6) is 0 Å². The molecule has 15 heteroatoms. The van der Waals surface area contributed by atoms with E-state index in [1.807, 2.05) is 0 Å². The number of ether oxygens (including phenoxy) is 2. The number of fused-ring (bicyclic) bond motifs is 1. The Morgan fingerprint density at radius 2 is 1.77 bits per heavy atom. The first-order valence-electron chi connectivity index (χ1n) is 10.1. The Hall–Kier alpha value is -3.07. The van der Waals surface area contributed by atoms with E-state index in [0.29, 0.717) is 10.6 Å². The molecule has 0 radical (unpaired) electrons. The van der Waals surface area contributed by atoms with Gasteiger partial charge in [0.15, 0.2) is 17.7 Å². The van der Waals surface area contributed by atoms with E-state index in [4.69, 9.17) is 38.4 Å². The van der Waals surface area contributed by atoms with Crippen LogP contribution < -0.4 is 5.73 Å². The van der Waals surface area contributed by atoms with Crippen LogP contribution >= 0.6 is 23.2 Å². The van der Waals surface area contributed by atoms with Gasteiger partial charge < -0.3 is 35.6 Å². The number of halogens is 2. The van der Waals surface area contributed by atoms with Crippen LogP contribution in [-0.4, -0.2) is 82.4 Å². The van der Waals surface area contributed by atoms with E-state index in [-0.39, 0.29) is 22.3 Å². The average molecular weight is 528 g/mol. The third kappa shape index (κ3) is 4.61. The molecule has 4 rings (SSSR count). The van der Waals surface area contributed by atoms with E-state index in [9.17, 15) is 30.0 Å². The number of carboxylic acid groups (broad SMARTS) is 2. The van der Waals surface area contributed by atoms with Crippen LogP contribution in [0.15, 0.2) is 30.6 Å². The fourth-order valence-corrected chi connectivity index (χ4v) is 4.02. The van der Waals surface area contributed by atoms with Crippen molar-refractivity contribution >= 4 is 52.1 Å². The highest BCUT2D eigenvalue weighted by molar-refractivity contribution is 6.30. The van der Waals surface area contributed by atoms with Crippen LogP contribution in [0, 0.1) is 0 Å². The zero-order valence-corrected chi connectivity index (χ0v) is 19.2. The molecule has 13 nitrogen and oxygen atoms in total. The van der Waals surface area contributed by atoms with Crippen LogP contribution in [0.25, 0.3) is 11.2 Å². The number of rotatable bonds is 8. The van der Waals surface area contributed by atoms with Crippen molar-refractivity contribution in [3.63, 3.8) is 0 Å². The third-order valence-electron chi connectivity index (χ3n) is 5.58. The number of nitrogen functional groups attached to an aromatic ring is 1. The molecule has 186 valence electrons. The van der Waals surface area contributed by atoms with Crippen LogP contribution in [0.2, 0.25) is 10.3 Å². The van der Waals surface area contributed by atoms with Crippen molar-refractivity contribution < 1.29 is 39.5 Å². The first-order chi connectivity index (χ1) is 16.5. The zero-order chi connectivity index (χ0) is 25.5. The lowest BCUT2D eigenvalue weighted by Gasteiger charge is -2.27. The van der Waals surface area contributed by atoms with E-state index < -0.39 is 55.1 Å². The fraction of sp³-hybridized carbons (Fsp3) is 0.350. The minimum Gasteiger partial charge on any atom is -0.479 e. The molecule has 0 aliphatic carbocycles. The van der Waals surface area contributed by atoms with Crippen LogP contribution in [-0.2, 0) is 25.5 Å². The standard InChI is InChI=1S/C20H19Cl2N5O8/c21-9-3-1-8(2-4-9)5-20(17(30)31,18(32)33)34-6-10-12(28)13(29)16(35-10)27-7-24-11-14(23)25-19(22)26-15(11)27/h1-4,7,10,12-13,16,28-29H,5-6H2,(H,30,31)(H,32,33)(H2,23,25,26). The Morgan fingerprint density at radius 3 is 2.40 bits per heavy atom. The maximum Gasteiger partial charge on any atom is 0.348 e.